The topological polar surface area (TPSA) is 96.9 Å². The Morgan fingerprint density at radius 3 is 2.45 bits per heavy atom. The summed E-state index contributed by atoms with van der Waals surface area (Å²) in [7, 11) is 3.11. The molecule has 2 amide bonds. The molecule has 0 radical (unpaired) electrons. The van der Waals surface area contributed by atoms with Gasteiger partial charge in [-0.1, -0.05) is 13.0 Å². The molecule has 3 N–H and O–H groups in total. The van der Waals surface area contributed by atoms with Crippen molar-refractivity contribution in [2.45, 2.75) is 25.8 Å². The summed E-state index contributed by atoms with van der Waals surface area (Å²) in [6.45, 7) is 2.03. The summed E-state index contributed by atoms with van der Waals surface area (Å²) in [6, 6.07) is 4.84. The first kappa shape index (κ1) is 17.6. The van der Waals surface area contributed by atoms with Crippen LogP contribution < -0.4 is 20.1 Å². The molecule has 0 saturated carbocycles. The maximum atomic E-state index is 11.8. The third-order valence-corrected chi connectivity index (χ3v) is 3.15. The van der Waals surface area contributed by atoms with E-state index in [4.69, 9.17) is 14.6 Å². The first-order valence-electron chi connectivity index (χ1n) is 6.99. The largest absolute Gasteiger partial charge is 0.493 e. The van der Waals surface area contributed by atoms with E-state index in [1.807, 2.05) is 19.1 Å². The average Bonchev–Trinajstić information content (AvgIpc) is 2.51. The van der Waals surface area contributed by atoms with Crippen LogP contribution in [0.4, 0.5) is 4.79 Å². The van der Waals surface area contributed by atoms with E-state index in [9.17, 15) is 9.59 Å². The number of urea groups is 1. The van der Waals surface area contributed by atoms with Gasteiger partial charge >= 0.3 is 12.0 Å². The minimum atomic E-state index is -0.952. The molecule has 0 aliphatic carbocycles. The van der Waals surface area contributed by atoms with Crippen molar-refractivity contribution in [2.75, 3.05) is 20.8 Å². The number of nitrogens with one attached hydrogen (secondary N) is 2. The number of carbonyl (C=O) groups is 2. The first-order valence-corrected chi connectivity index (χ1v) is 6.99. The molecule has 0 aromatic heterocycles. The lowest BCUT2D eigenvalue weighted by molar-refractivity contribution is -0.136. The highest BCUT2D eigenvalue weighted by Gasteiger charge is 2.15. The molecule has 1 rings (SSSR count). The maximum absolute atomic E-state index is 11.8. The second kappa shape index (κ2) is 8.76. The smallest absolute Gasteiger partial charge is 0.315 e. The standard InChI is InChI=1S/C15H22N2O5/c1-4-11(17-15(20)16-8-7-14(18)19)10-5-6-12(21-2)13(9-10)22-3/h5-6,9,11H,4,7-8H2,1-3H3,(H,18,19)(H2,16,17,20). The SMILES string of the molecule is CCC(NC(=O)NCCC(=O)O)c1ccc(OC)c(OC)c1. The van der Waals surface area contributed by atoms with Crippen LogP contribution in [0, 0.1) is 0 Å². The number of benzene rings is 1. The summed E-state index contributed by atoms with van der Waals surface area (Å²) >= 11 is 0. The molecule has 0 heterocycles. The molecule has 1 atom stereocenters. The lowest BCUT2D eigenvalue weighted by atomic mass is 10.0. The molecular weight excluding hydrogens is 288 g/mol. The Kier molecular flexibility index (Phi) is 7.01. The molecule has 122 valence electrons. The molecule has 0 saturated heterocycles. The highest BCUT2D eigenvalue weighted by Crippen LogP contribution is 2.30. The third-order valence-electron chi connectivity index (χ3n) is 3.15. The van der Waals surface area contributed by atoms with Crippen molar-refractivity contribution in [3.8, 4) is 11.5 Å². The summed E-state index contributed by atoms with van der Waals surface area (Å²) in [4.78, 5) is 22.2. The van der Waals surface area contributed by atoms with Gasteiger partial charge in [0.05, 0.1) is 26.7 Å². The van der Waals surface area contributed by atoms with Crippen molar-refractivity contribution in [3.63, 3.8) is 0 Å². The molecule has 1 aromatic rings. The molecule has 1 aromatic carbocycles. The molecule has 0 aliphatic heterocycles. The lowest BCUT2D eigenvalue weighted by Crippen LogP contribution is -2.38. The number of methoxy groups -OCH3 is 2. The summed E-state index contributed by atoms with van der Waals surface area (Å²) in [5.41, 5.74) is 0.883. The van der Waals surface area contributed by atoms with Crippen LogP contribution in [0.2, 0.25) is 0 Å². The Morgan fingerprint density at radius 1 is 1.23 bits per heavy atom. The van der Waals surface area contributed by atoms with Crippen molar-refractivity contribution >= 4 is 12.0 Å². The quantitative estimate of drug-likeness (QED) is 0.681. The van der Waals surface area contributed by atoms with Crippen LogP contribution in [0.15, 0.2) is 18.2 Å². The van der Waals surface area contributed by atoms with Crippen LogP contribution in [-0.4, -0.2) is 37.9 Å². The van der Waals surface area contributed by atoms with Gasteiger partial charge in [0.15, 0.2) is 11.5 Å². The minimum Gasteiger partial charge on any atom is -0.493 e. The second-order valence-electron chi connectivity index (χ2n) is 4.62. The van der Waals surface area contributed by atoms with Gasteiger partial charge in [0.25, 0.3) is 0 Å². The number of carboxylic acid groups (broad SMARTS) is 1. The third kappa shape index (κ3) is 5.16. The van der Waals surface area contributed by atoms with Gasteiger partial charge in [0, 0.05) is 6.54 Å². The van der Waals surface area contributed by atoms with Crippen molar-refractivity contribution in [1.29, 1.82) is 0 Å². The monoisotopic (exact) mass is 310 g/mol. The van der Waals surface area contributed by atoms with Gasteiger partial charge < -0.3 is 25.2 Å². The summed E-state index contributed by atoms with van der Waals surface area (Å²) < 4.78 is 10.4. The average molecular weight is 310 g/mol. The summed E-state index contributed by atoms with van der Waals surface area (Å²) in [6.07, 6.45) is 0.572. The van der Waals surface area contributed by atoms with Gasteiger partial charge in [-0.15, -0.1) is 0 Å². The number of hydrogen-bond acceptors (Lipinski definition) is 4. The summed E-state index contributed by atoms with van der Waals surface area (Å²) in [5, 5.41) is 13.9. The van der Waals surface area contributed by atoms with Crippen LogP contribution in [0.3, 0.4) is 0 Å². The molecule has 0 fully saturated rings. The predicted molar refractivity (Wildman–Crippen MR) is 81.4 cm³/mol. The Labute approximate surface area is 129 Å². The Bertz CT molecular complexity index is 519. The van der Waals surface area contributed by atoms with Gasteiger partial charge in [0.1, 0.15) is 0 Å². The lowest BCUT2D eigenvalue weighted by Gasteiger charge is -2.19. The molecule has 7 heteroatoms. The van der Waals surface area contributed by atoms with Crippen molar-refractivity contribution in [1.82, 2.24) is 10.6 Å². The van der Waals surface area contributed by atoms with E-state index in [2.05, 4.69) is 10.6 Å². The van der Waals surface area contributed by atoms with Crippen LogP contribution >= 0.6 is 0 Å². The minimum absolute atomic E-state index is 0.0868. The van der Waals surface area contributed by atoms with Gasteiger partial charge in [-0.05, 0) is 24.1 Å². The van der Waals surface area contributed by atoms with Crippen molar-refractivity contribution < 1.29 is 24.2 Å². The van der Waals surface area contributed by atoms with Crippen molar-refractivity contribution in [2.24, 2.45) is 0 Å². The fourth-order valence-electron chi connectivity index (χ4n) is 1.98. The van der Waals surface area contributed by atoms with Gasteiger partial charge in [0.2, 0.25) is 0 Å². The highest BCUT2D eigenvalue weighted by atomic mass is 16.5. The van der Waals surface area contributed by atoms with E-state index in [1.54, 1.807) is 20.3 Å². The molecule has 0 bridgehead atoms. The number of carboxylic acids is 1. The van der Waals surface area contributed by atoms with E-state index in [0.29, 0.717) is 17.9 Å². The fourth-order valence-corrected chi connectivity index (χ4v) is 1.98. The van der Waals surface area contributed by atoms with E-state index in [1.165, 1.54) is 0 Å². The van der Waals surface area contributed by atoms with Crippen LogP contribution in [0.1, 0.15) is 31.4 Å². The normalized spacial score (nSPS) is 11.4. The number of ether oxygens (including phenoxy) is 2. The Balaban J connectivity index is 2.71. The Morgan fingerprint density at radius 2 is 1.91 bits per heavy atom. The zero-order chi connectivity index (χ0) is 16.5. The number of rotatable bonds is 8. The second-order valence-corrected chi connectivity index (χ2v) is 4.62. The highest BCUT2D eigenvalue weighted by molar-refractivity contribution is 5.75. The fraction of sp³-hybridized carbons (Fsp3) is 0.467. The number of aliphatic carboxylic acids is 1. The zero-order valence-corrected chi connectivity index (χ0v) is 13.0. The molecule has 0 aliphatic rings. The zero-order valence-electron chi connectivity index (χ0n) is 13.0. The van der Waals surface area contributed by atoms with Crippen LogP contribution in [0.25, 0.3) is 0 Å². The van der Waals surface area contributed by atoms with E-state index in [0.717, 1.165) is 5.56 Å². The molecule has 1 unspecified atom stereocenters. The number of carbonyl (C=O) groups excluding carboxylic acids is 1. The van der Waals surface area contributed by atoms with Crippen molar-refractivity contribution in [3.05, 3.63) is 23.8 Å². The maximum Gasteiger partial charge on any atom is 0.315 e. The Hall–Kier alpha value is -2.44. The van der Waals surface area contributed by atoms with Gasteiger partial charge in [-0.3, -0.25) is 4.79 Å². The van der Waals surface area contributed by atoms with E-state index < -0.39 is 12.0 Å². The first-order chi connectivity index (χ1) is 10.5. The molecule has 22 heavy (non-hydrogen) atoms. The molecule has 0 spiro atoms. The molecule has 7 nitrogen and oxygen atoms in total. The van der Waals surface area contributed by atoms with Crippen LogP contribution in [0.5, 0.6) is 11.5 Å². The van der Waals surface area contributed by atoms with Gasteiger partial charge in [-0.2, -0.15) is 0 Å². The van der Waals surface area contributed by atoms with E-state index >= 15 is 0 Å². The van der Waals surface area contributed by atoms with E-state index in [-0.39, 0.29) is 19.0 Å². The summed E-state index contributed by atoms with van der Waals surface area (Å²) in [5.74, 6) is 0.255. The molecular formula is C15H22N2O5. The number of amides is 2. The van der Waals surface area contributed by atoms with Crippen LogP contribution in [-0.2, 0) is 4.79 Å². The number of hydrogen-bond donors (Lipinski definition) is 3. The van der Waals surface area contributed by atoms with Gasteiger partial charge in [-0.25, -0.2) is 4.79 Å². The predicted octanol–water partition coefficient (Wildman–Crippen LogP) is 1.93.